The fraction of sp³-hybridized carbons (Fsp3) is 0.500. The van der Waals surface area contributed by atoms with E-state index in [2.05, 4.69) is 17.1 Å². The van der Waals surface area contributed by atoms with Gasteiger partial charge in [0.2, 0.25) is 0 Å². The lowest BCUT2D eigenvalue weighted by Gasteiger charge is -2.23. The summed E-state index contributed by atoms with van der Waals surface area (Å²) < 4.78 is 17.1. The number of hydrogen-bond donors (Lipinski definition) is 1. The zero-order valence-electron chi connectivity index (χ0n) is 20.6. The molecule has 2 heterocycles. The van der Waals surface area contributed by atoms with Crippen LogP contribution in [0.2, 0.25) is 0 Å². The standard InChI is InChI=1S/C28H36N2O5/c1-2-25(31)23-6-8-24(9-7-23)33-14-11-28(32)29-19-22(20-30-12-3-4-13-30)17-21-5-10-26-27(18-21)35-16-15-34-26/h5-10,18,22H,2-4,11-17,19-20H2,1H3,(H,29,32)/t22-/m1/s1. The van der Waals surface area contributed by atoms with E-state index in [1.165, 1.54) is 31.5 Å². The van der Waals surface area contributed by atoms with Crippen LogP contribution in [0.1, 0.15) is 48.5 Å². The zero-order chi connectivity index (χ0) is 24.5. The van der Waals surface area contributed by atoms with E-state index in [0.29, 0.717) is 43.4 Å². The SMILES string of the molecule is CCC(=O)c1ccc(OCCC([O-])=NC[C@@H](Cc2ccc3c(c2)OCCO3)C[NH+]2CCCC2)cc1. The van der Waals surface area contributed by atoms with Gasteiger partial charge in [-0.15, -0.1) is 0 Å². The van der Waals surface area contributed by atoms with Crippen LogP contribution in [0.25, 0.3) is 0 Å². The highest BCUT2D eigenvalue weighted by Crippen LogP contribution is 2.31. The van der Waals surface area contributed by atoms with E-state index in [4.69, 9.17) is 14.2 Å². The molecule has 2 aromatic rings. The summed E-state index contributed by atoms with van der Waals surface area (Å²) in [6.45, 7) is 7.20. The Morgan fingerprint density at radius 2 is 1.83 bits per heavy atom. The van der Waals surface area contributed by atoms with Crippen molar-refractivity contribution >= 4 is 11.7 Å². The normalized spacial score (nSPS) is 16.8. The van der Waals surface area contributed by atoms with E-state index < -0.39 is 0 Å². The Morgan fingerprint density at radius 1 is 1.09 bits per heavy atom. The number of nitrogens with zero attached hydrogens (tertiary/aromatic N) is 1. The van der Waals surface area contributed by atoms with Crippen LogP contribution in [0.5, 0.6) is 17.2 Å². The first kappa shape index (κ1) is 25.0. The van der Waals surface area contributed by atoms with Crippen LogP contribution < -0.4 is 24.2 Å². The summed E-state index contributed by atoms with van der Waals surface area (Å²) in [7, 11) is 0. The van der Waals surface area contributed by atoms with Crippen molar-refractivity contribution in [2.75, 3.05) is 46.0 Å². The van der Waals surface area contributed by atoms with E-state index in [1.54, 1.807) is 29.2 Å². The number of hydrogen-bond acceptors (Lipinski definition) is 6. The maximum Gasteiger partial charge on any atom is 0.162 e. The Hall–Kier alpha value is -3.06. The van der Waals surface area contributed by atoms with Crippen molar-refractivity contribution in [3.05, 3.63) is 53.6 Å². The Bertz CT molecular complexity index is 999. The van der Waals surface area contributed by atoms with Gasteiger partial charge in [0.15, 0.2) is 17.3 Å². The number of fused-ring (bicyclic) bond motifs is 1. The van der Waals surface area contributed by atoms with E-state index in [1.807, 2.05) is 13.0 Å². The van der Waals surface area contributed by atoms with E-state index >= 15 is 0 Å². The second-order valence-corrected chi connectivity index (χ2v) is 9.34. The van der Waals surface area contributed by atoms with Crippen molar-refractivity contribution in [1.29, 1.82) is 0 Å². The molecule has 1 N–H and O–H groups in total. The van der Waals surface area contributed by atoms with Crippen molar-refractivity contribution in [3.63, 3.8) is 0 Å². The van der Waals surface area contributed by atoms with Crippen molar-refractivity contribution in [2.24, 2.45) is 10.9 Å². The quantitative estimate of drug-likeness (QED) is 0.286. The van der Waals surface area contributed by atoms with Gasteiger partial charge in [-0.1, -0.05) is 13.0 Å². The summed E-state index contributed by atoms with van der Waals surface area (Å²) in [5, 5.41) is 12.5. The van der Waals surface area contributed by atoms with Crippen molar-refractivity contribution in [1.82, 2.24) is 0 Å². The van der Waals surface area contributed by atoms with E-state index in [0.717, 1.165) is 24.5 Å². The lowest BCUT2D eigenvalue weighted by molar-refractivity contribution is -0.890. The second-order valence-electron chi connectivity index (χ2n) is 9.34. The Balaban J connectivity index is 1.30. The molecule has 1 saturated heterocycles. The summed E-state index contributed by atoms with van der Waals surface area (Å²) in [6.07, 6.45) is 4.12. The number of ether oxygens (including phenoxy) is 3. The van der Waals surface area contributed by atoms with Crippen LogP contribution in [-0.4, -0.2) is 57.7 Å². The van der Waals surface area contributed by atoms with Crippen molar-refractivity contribution < 1.29 is 29.0 Å². The molecule has 0 saturated carbocycles. The van der Waals surface area contributed by atoms with Crippen LogP contribution >= 0.6 is 0 Å². The third-order valence-electron chi connectivity index (χ3n) is 6.63. The topological polar surface area (TPSA) is 84.6 Å². The molecular weight excluding hydrogens is 444 g/mol. The van der Waals surface area contributed by atoms with E-state index in [9.17, 15) is 9.90 Å². The van der Waals surface area contributed by atoms with Gasteiger partial charge in [0.05, 0.1) is 26.2 Å². The van der Waals surface area contributed by atoms with Gasteiger partial charge in [-0.25, -0.2) is 0 Å². The molecule has 0 aliphatic carbocycles. The van der Waals surface area contributed by atoms with Crippen LogP contribution in [0.3, 0.4) is 0 Å². The first-order valence-electron chi connectivity index (χ1n) is 12.8. The molecule has 35 heavy (non-hydrogen) atoms. The van der Waals surface area contributed by atoms with Gasteiger partial charge in [-0.3, -0.25) is 4.79 Å². The number of rotatable bonds is 12. The largest absolute Gasteiger partial charge is 0.862 e. The molecule has 2 aliphatic heterocycles. The number of likely N-dealkylation sites (tertiary alicyclic amines) is 1. The van der Waals surface area contributed by atoms with Gasteiger partial charge >= 0.3 is 0 Å². The highest BCUT2D eigenvalue weighted by Gasteiger charge is 2.22. The maximum atomic E-state index is 12.5. The van der Waals surface area contributed by atoms with Gasteiger partial charge in [0.1, 0.15) is 19.0 Å². The number of nitrogens with one attached hydrogen (secondary N) is 1. The minimum atomic E-state index is -0.133. The number of Topliss-reactive ketones (excluding diaryl/α,β-unsaturated/α-hetero) is 1. The smallest absolute Gasteiger partial charge is 0.162 e. The molecule has 0 spiro atoms. The first-order valence-corrected chi connectivity index (χ1v) is 12.8. The molecule has 0 aromatic heterocycles. The summed E-state index contributed by atoms with van der Waals surface area (Å²) in [5.74, 6) is 2.52. The number of benzene rings is 2. The van der Waals surface area contributed by atoms with Crippen LogP contribution in [0, 0.1) is 5.92 Å². The molecule has 0 radical (unpaired) electrons. The minimum Gasteiger partial charge on any atom is -0.862 e. The van der Waals surface area contributed by atoms with Crippen LogP contribution in [0.4, 0.5) is 0 Å². The van der Waals surface area contributed by atoms with Crippen molar-refractivity contribution in [3.8, 4) is 17.2 Å². The van der Waals surface area contributed by atoms with E-state index in [-0.39, 0.29) is 24.7 Å². The summed E-state index contributed by atoms with van der Waals surface area (Å²) >= 11 is 0. The molecule has 1 fully saturated rings. The molecule has 0 bridgehead atoms. The molecule has 2 aliphatic rings. The Kier molecular flexibility index (Phi) is 9.01. The maximum absolute atomic E-state index is 12.5. The third-order valence-corrected chi connectivity index (χ3v) is 6.63. The highest BCUT2D eigenvalue weighted by molar-refractivity contribution is 5.95. The molecule has 4 rings (SSSR count). The molecule has 1 atom stereocenters. The second kappa shape index (κ2) is 12.6. The highest BCUT2D eigenvalue weighted by atomic mass is 16.6. The minimum absolute atomic E-state index is 0.104. The fourth-order valence-corrected chi connectivity index (χ4v) is 4.74. The fourth-order valence-electron chi connectivity index (χ4n) is 4.74. The predicted molar refractivity (Wildman–Crippen MR) is 133 cm³/mol. The average molecular weight is 481 g/mol. The summed E-state index contributed by atoms with van der Waals surface area (Å²) in [5.41, 5.74) is 1.86. The number of carbonyl (C=O) groups excluding carboxylic acids is 1. The molecule has 7 nitrogen and oxygen atoms in total. The summed E-state index contributed by atoms with van der Waals surface area (Å²) in [6, 6.07) is 13.2. The molecule has 7 heteroatoms. The molecule has 2 aromatic carbocycles. The Labute approximate surface area is 207 Å². The predicted octanol–water partition coefficient (Wildman–Crippen LogP) is 2.12. The van der Waals surface area contributed by atoms with Crippen LogP contribution in [0.15, 0.2) is 47.5 Å². The lowest BCUT2D eigenvalue weighted by Crippen LogP contribution is -3.10. The molecular formula is C28H36N2O5. The van der Waals surface area contributed by atoms with Gasteiger partial charge in [0, 0.05) is 43.7 Å². The van der Waals surface area contributed by atoms with Gasteiger partial charge in [0.25, 0.3) is 0 Å². The number of ketones is 1. The molecule has 188 valence electrons. The first-order chi connectivity index (χ1) is 17.1. The van der Waals surface area contributed by atoms with Gasteiger partial charge in [-0.05, 0) is 54.3 Å². The number of quaternary nitrogens is 1. The van der Waals surface area contributed by atoms with Crippen molar-refractivity contribution in [2.45, 2.75) is 39.0 Å². The van der Waals surface area contributed by atoms with Gasteiger partial charge in [-0.2, -0.15) is 0 Å². The average Bonchev–Trinajstić information content (AvgIpc) is 3.40. The number of carbonyl (C=O) groups is 1. The lowest BCUT2D eigenvalue weighted by atomic mass is 9.98. The van der Waals surface area contributed by atoms with Gasteiger partial charge < -0.3 is 29.2 Å². The monoisotopic (exact) mass is 480 g/mol. The molecule has 0 amide bonds. The third kappa shape index (κ3) is 7.46. The van der Waals surface area contributed by atoms with Crippen LogP contribution in [-0.2, 0) is 6.42 Å². The molecule has 0 unspecified atom stereocenters. The Morgan fingerprint density at radius 3 is 2.57 bits per heavy atom. The zero-order valence-corrected chi connectivity index (χ0v) is 20.6. The number of aliphatic imine (C=N–C) groups is 1. The summed E-state index contributed by atoms with van der Waals surface area (Å²) in [4.78, 5) is 17.7.